The first-order chi connectivity index (χ1) is 7.65. The highest BCUT2D eigenvalue weighted by Gasteiger charge is 2.35. The van der Waals surface area contributed by atoms with E-state index < -0.39 is 0 Å². The third kappa shape index (κ3) is 2.37. The van der Waals surface area contributed by atoms with Gasteiger partial charge in [-0.2, -0.15) is 0 Å². The SMILES string of the molecule is OCC1(NCc2cc(Cl)ccc2F)CCC1. The first-order valence-electron chi connectivity index (χ1n) is 5.45. The van der Waals surface area contributed by atoms with Crippen LogP contribution in [0.4, 0.5) is 4.39 Å². The first-order valence-corrected chi connectivity index (χ1v) is 5.83. The Morgan fingerprint density at radius 2 is 2.19 bits per heavy atom. The lowest BCUT2D eigenvalue weighted by molar-refractivity contribution is 0.0869. The third-order valence-electron chi connectivity index (χ3n) is 3.27. The Morgan fingerprint density at radius 3 is 2.75 bits per heavy atom. The second-order valence-corrected chi connectivity index (χ2v) is 4.82. The van der Waals surface area contributed by atoms with E-state index in [1.165, 1.54) is 12.1 Å². The molecule has 0 aliphatic heterocycles. The zero-order chi connectivity index (χ0) is 11.6. The molecule has 1 aliphatic carbocycles. The fourth-order valence-corrected chi connectivity index (χ4v) is 2.15. The number of aliphatic hydroxyl groups excluding tert-OH is 1. The molecule has 1 fully saturated rings. The van der Waals surface area contributed by atoms with Crippen LogP contribution in [0.2, 0.25) is 5.02 Å². The van der Waals surface area contributed by atoms with Crippen molar-refractivity contribution in [2.24, 2.45) is 0 Å². The minimum atomic E-state index is -0.260. The van der Waals surface area contributed by atoms with Gasteiger partial charge in [-0.1, -0.05) is 11.6 Å². The van der Waals surface area contributed by atoms with Gasteiger partial charge >= 0.3 is 0 Å². The minimum Gasteiger partial charge on any atom is -0.394 e. The number of halogens is 2. The van der Waals surface area contributed by atoms with Crippen LogP contribution in [-0.4, -0.2) is 17.3 Å². The quantitative estimate of drug-likeness (QED) is 0.852. The summed E-state index contributed by atoms with van der Waals surface area (Å²) in [6, 6.07) is 4.52. The Balaban J connectivity index is 2.01. The maximum absolute atomic E-state index is 13.4. The van der Waals surface area contributed by atoms with Crippen molar-refractivity contribution in [3.05, 3.63) is 34.6 Å². The predicted octanol–water partition coefficient (Wildman–Crippen LogP) is 2.48. The molecular weight excluding hydrogens is 229 g/mol. The van der Waals surface area contributed by atoms with Crippen LogP contribution in [0.25, 0.3) is 0 Å². The molecule has 1 aliphatic rings. The summed E-state index contributed by atoms with van der Waals surface area (Å²) in [5, 5.41) is 13.0. The molecule has 0 saturated heterocycles. The van der Waals surface area contributed by atoms with Gasteiger partial charge < -0.3 is 10.4 Å². The van der Waals surface area contributed by atoms with Crippen LogP contribution in [-0.2, 0) is 6.54 Å². The summed E-state index contributed by atoms with van der Waals surface area (Å²) in [5.41, 5.74) is 0.349. The summed E-state index contributed by atoms with van der Waals surface area (Å²) in [5.74, 6) is -0.260. The molecule has 4 heteroatoms. The number of rotatable bonds is 4. The number of benzene rings is 1. The van der Waals surface area contributed by atoms with Crippen molar-refractivity contribution in [1.29, 1.82) is 0 Å². The molecule has 0 aromatic heterocycles. The van der Waals surface area contributed by atoms with Gasteiger partial charge in [0.15, 0.2) is 0 Å². The van der Waals surface area contributed by atoms with Crippen LogP contribution in [0.15, 0.2) is 18.2 Å². The monoisotopic (exact) mass is 243 g/mol. The summed E-state index contributed by atoms with van der Waals surface area (Å²) < 4.78 is 13.4. The van der Waals surface area contributed by atoms with Crippen molar-refractivity contribution in [3.63, 3.8) is 0 Å². The standard InChI is InChI=1S/C12H15ClFNO/c13-10-2-3-11(14)9(6-10)7-15-12(8-16)4-1-5-12/h2-3,6,15-16H,1,4-5,7-8H2. The molecule has 16 heavy (non-hydrogen) atoms. The van der Waals surface area contributed by atoms with E-state index in [1.807, 2.05) is 0 Å². The Morgan fingerprint density at radius 1 is 1.44 bits per heavy atom. The molecule has 2 rings (SSSR count). The van der Waals surface area contributed by atoms with Gasteiger partial charge in [0.1, 0.15) is 5.82 Å². The zero-order valence-corrected chi connectivity index (χ0v) is 9.73. The van der Waals surface area contributed by atoms with Crippen molar-refractivity contribution in [2.45, 2.75) is 31.3 Å². The zero-order valence-electron chi connectivity index (χ0n) is 8.97. The highest BCUT2D eigenvalue weighted by atomic mass is 35.5. The van der Waals surface area contributed by atoms with Crippen LogP contribution >= 0.6 is 11.6 Å². The number of aliphatic hydroxyl groups is 1. The van der Waals surface area contributed by atoms with Gasteiger partial charge in [0.05, 0.1) is 6.61 Å². The van der Waals surface area contributed by atoms with E-state index in [0.29, 0.717) is 17.1 Å². The molecule has 1 aromatic carbocycles. The average molecular weight is 244 g/mol. The van der Waals surface area contributed by atoms with Crippen molar-refractivity contribution in [3.8, 4) is 0 Å². The molecule has 2 N–H and O–H groups in total. The van der Waals surface area contributed by atoms with E-state index in [0.717, 1.165) is 19.3 Å². The Labute approximate surface area is 99.4 Å². The Bertz CT molecular complexity index is 374. The molecule has 0 unspecified atom stereocenters. The summed E-state index contributed by atoms with van der Waals surface area (Å²) in [6.07, 6.45) is 3.02. The van der Waals surface area contributed by atoms with Gasteiger partial charge in [0.25, 0.3) is 0 Å². The second-order valence-electron chi connectivity index (χ2n) is 4.38. The summed E-state index contributed by atoms with van der Waals surface area (Å²) in [6.45, 7) is 0.516. The van der Waals surface area contributed by atoms with E-state index in [4.69, 9.17) is 11.6 Å². The van der Waals surface area contributed by atoms with Gasteiger partial charge in [0.2, 0.25) is 0 Å². The third-order valence-corrected chi connectivity index (χ3v) is 3.51. The summed E-state index contributed by atoms with van der Waals surface area (Å²) in [4.78, 5) is 0. The van der Waals surface area contributed by atoms with E-state index in [1.54, 1.807) is 6.07 Å². The average Bonchev–Trinajstić information content (AvgIpc) is 2.22. The highest BCUT2D eigenvalue weighted by molar-refractivity contribution is 6.30. The molecule has 2 nitrogen and oxygen atoms in total. The summed E-state index contributed by atoms with van der Waals surface area (Å²) >= 11 is 5.80. The van der Waals surface area contributed by atoms with Crippen LogP contribution in [0.3, 0.4) is 0 Å². The Kier molecular flexibility index (Phi) is 3.47. The molecule has 0 radical (unpaired) electrons. The molecule has 0 bridgehead atoms. The van der Waals surface area contributed by atoms with E-state index >= 15 is 0 Å². The highest BCUT2D eigenvalue weighted by Crippen LogP contribution is 2.31. The van der Waals surface area contributed by atoms with Crippen molar-refractivity contribution >= 4 is 11.6 Å². The van der Waals surface area contributed by atoms with Crippen molar-refractivity contribution < 1.29 is 9.50 Å². The number of nitrogens with one attached hydrogen (secondary N) is 1. The van der Waals surface area contributed by atoms with E-state index in [2.05, 4.69) is 5.32 Å². The molecule has 0 heterocycles. The summed E-state index contributed by atoms with van der Waals surface area (Å²) in [7, 11) is 0. The number of hydrogen-bond donors (Lipinski definition) is 2. The fraction of sp³-hybridized carbons (Fsp3) is 0.500. The second kappa shape index (κ2) is 4.70. The molecule has 1 saturated carbocycles. The van der Waals surface area contributed by atoms with Crippen LogP contribution in [0, 0.1) is 5.82 Å². The van der Waals surface area contributed by atoms with Gasteiger partial charge in [0, 0.05) is 22.7 Å². The van der Waals surface area contributed by atoms with Crippen molar-refractivity contribution in [1.82, 2.24) is 5.32 Å². The lowest BCUT2D eigenvalue weighted by Gasteiger charge is -2.41. The minimum absolute atomic E-state index is 0.106. The van der Waals surface area contributed by atoms with Crippen molar-refractivity contribution in [2.75, 3.05) is 6.61 Å². The topological polar surface area (TPSA) is 32.3 Å². The van der Waals surface area contributed by atoms with Crippen LogP contribution in [0.5, 0.6) is 0 Å². The number of hydrogen-bond acceptors (Lipinski definition) is 2. The molecule has 0 spiro atoms. The first kappa shape index (κ1) is 11.8. The van der Waals surface area contributed by atoms with Gasteiger partial charge in [-0.25, -0.2) is 4.39 Å². The Hall–Kier alpha value is -0.640. The maximum Gasteiger partial charge on any atom is 0.127 e. The predicted molar refractivity (Wildman–Crippen MR) is 61.9 cm³/mol. The fourth-order valence-electron chi connectivity index (χ4n) is 1.96. The van der Waals surface area contributed by atoms with E-state index in [-0.39, 0.29) is 18.0 Å². The lowest BCUT2D eigenvalue weighted by atomic mass is 9.77. The van der Waals surface area contributed by atoms with Crippen LogP contribution < -0.4 is 5.32 Å². The van der Waals surface area contributed by atoms with E-state index in [9.17, 15) is 9.50 Å². The molecule has 0 atom stereocenters. The van der Waals surface area contributed by atoms with Gasteiger partial charge in [-0.05, 0) is 37.5 Å². The molecule has 1 aromatic rings. The smallest absolute Gasteiger partial charge is 0.127 e. The van der Waals surface area contributed by atoms with Gasteiger partial charge in [-0.3, -0.25) is 0 Å². The van der Waals surface area contributed by atoms with Crippen LogP contribution in [0.1, 0.15) is 24.8 Å². The lowest BCUT2D eigenvalue weighted by Crippen LogP contribution is -2.53. The maximum atomic E-state index is 13.4. The molecule has 88 valence electrons. The van der Waals surface area contributed by atoms with Gasteiger partial charge in [-0.15, -0.1) is 0 Å². The normalized spacial score (nSPS) is 18.2. The molecular formula is C12H15ClFNO. The largest absolute Gasteiger partial charge is 0.394 e. The molecule has 0 amide bonds.